The van der Waals surface area contributed by atoms with Gasteiger partial charge in [0.15, 0.2) is 11.5 Å². The van der Waals surface area contributed by atoms with Gasteiger partial charge in [-0.25, -0.2) is 8.42 Å². The van der Waals surface area contributed by atoms with Gasteiger partial charge in [0.25, 0.3) is 0 Å². The largest absolute Gasteiger partial charge is 0.490 e. The molecule has 0 radical (unpaired) electrons. The van der Waals surface area contributed by atoms with Gasteiger partial charge in [0.05, 0.1) is 31.1 Å². The Morgan fingerprint density at radius 1 is 1.16 bits per heavy atom. The van der Waals surface area contributed by atoms with Crippen molar-refractivity contribution < 1.29 is 32.2 Å². The molecule has 0 aromatic heterocycles. The highest BCUT2D eigenvalue weighted by Crippen LogP contribution is 2.32. The summed E-state index contributed by atoms with van der Waals surface area (Å²) in [6, 6.07) is 3.39. The van der Waals surface area contributed by atoms with Crippen molar-refractivity contribution in [2.75, 3.05) is 33.4 Å². The van der Waals surface area contributed by atoms with Crippen molar-refractivity contribution in [2.24, 2.45) is 11.8 Å². The standard InChI is InChI=1S/C21H32N2O7S/c1-6-23(13-15(4)21(25)28-5)20(24)19(14(2)3)22-31(26,27)16-8-9-17-18(12-16)30-11-7-10-29-17/h8-9,12,14-15,19,22H,6-7,10-11,13H2,1-5H3. The van der Waals surface area contributed by atoms with Crippen molar-refractivity contribution in [1.29, 1.82) is 0 Å². The van der Waals surface area contributed by atoms with Crippen LogP contribution in [-0.4, -0.2) is 64.6 Å². The van der Waals surface area contributed by atoms with E-state index < -0.39 is 33.9 Å². The van der Waals surface area contributed by atoms with Crippen LogP contribution >= 0.6 is 0 Å². The Morgan fingerprint density at radius 2 is 1.81 bits per heavy atom. The molecular formula is C21H32N2O7S. The van der Waals surface area contributed by atoms with Gasteiger partial charge < -0.3 is 19.1 Å². The Kier molecular flexibility index (Phi) is 8.69. The molecule has 0 spiro atoms. The topological polar surface area (TPSA) is 111 Å². The zero-order chi connectivity index (χ0) is 23.2. The number of benzene rings is 1. The molecule has 1 aromatic carbocycles. The average Bonchev–Trinajstić information content (AvgIpc) is 2.99. The van der Waals surface area contributed by atoms with Gasteiger partial charge in [-0.2, -0.15) is 4.72 Å². The maximum atomic E-state index is 13.2. The molecule has 1 aliphatic heterocycles. The number of likely N-dealkylation sites (N-methyl/N-ethyl adjacent to an activating group) is 1. The van der Waals surface area contributed by atoms with Crippen LogP contribution in [0.3, 0.4) is 0 Å². The Balaban J connectivity index is 2.23. The number of sulfonamides is 1. The monoisotopic (exact) mass is 456 g/mol. The SMILES string of the molecule is CCN(CC(C)C(=O)OC)C(=O)C(NS(=O)(=O)c1ccc2c(c1)OCCCO2)C(C)C. The van der Waals surface area contributed by atoms with Crippen LogP contribution < -0.4 is 14.2 Å². The van der Waals surface area contributed by atoms with Crippen LogP contribution in [0.4, 0.5) is 0 Å². The second-order valence-corrected chi connectivity index (χ2v) is 9.52. The first-order chi connectivity index (χ1) is 14.6. The van der Waals surface area contributed by atoms with E-state index >= 15 is 0 Å². The molecule has 10 heteroatoms. The van der Waals surface area contributed by atoms with Crippen LogP contribution in [0.1, 0.15) is 34.1 Å². The Bertz CT molecular complexity index is 886. The molecular weight excluding hydrogens is 424 g/mol. The lowest BCUT2D eigenvalue weighted by molar-refractivity contribution is -0.146. The lowest BCUT2D eigenvalue weighted by Gasteiger charge is -2.30. The molecule has 2 rings (SSSR count). The fourth-order valence-corrected chi connectivity index (χ4v) is 4.55. The van der Waals surface area contributed by atoms with Crippen molar-refractivity contribution in [3.8, 4) is 11.5 Å². The number of nitrogens with zero attached hydrogens (tertiary/aromatic N) is 1. The summed E-state index contributed by atoms with van der Waals surface area (Å²) < 4.78 is 44.5. The number of fused-ring (bicyclic) bond motifs is 1. The predicted molar refractivity (Wildman–Crippen MR) is 114 cm³/mol. The van der Waals surface area contributed by atoms with E-state index in [-0.39, 0.29) is 17.4 Å². The van der Waals surface area contributed by atoms with Crippen LogP contribution in [0.5, 0.6) is 11.5 Å². The van der Waals surface area contributed by atoms with Gasteiger partial charge in [0.2, 0.25) is 15.9 Å². The van der Waals surface area contributed by atoms with Gasteiger partial charge in [-0.1, -0.05) is 20.8 Å². The third-order valence-electron chi connectivity index (χ3n) is 5.04. The molecule has 1 aliphatic rings. The number of methoxy groups -OCH3 is 1. The maximum Gasteiger partial charge on any atom is 0.310 e. The molecule has 31 heavy (non-hydrogen) atoms. The highest BCUT2D eigenvalue weighted by atomic mass is 32.2. The summed E-state index contributed by atoms with van der Waals surface area (Å²) in [7, 11) is -2.72. The van der Waals surface area contributed by atoms with Crippen molar-refractivity contribution in [2.45, 2.75) is 45.1 Å². The molecule has 2 unspecified atom stereocenters. The Morgan fingerprint density at radius 3 is 2.39 bits per heavy atom. The number of esters is 1. The number of hydrogen-bond donors (Lipinski definition) is 1. The van der Waals surface area contributed by atoms with Crippen LogP contribution in [0.2, 0.25) is 0 Å². The molecule has 0 fully saturated rings. The number of nitrogens with one attached hydrogen (secondary N) is 1. The lowest BCUT2D eigenvalue weighted by atomic mass is 10.0. The van der Waals surface area contributed by atoms with Crippen molar-refractivity contribution in [3.05, 3.63) is 18.2 Å². The summed E-state index contributed by atoms with van der Waals surface area (Å²) in [5, 5.41) is 0. The first-order valence-corrected chi connectivity index (χ1v) is 11.9. The number of carbonyl (C=O) groups is 2. The van der Waals surface area contributed by atoms with E-state index in [1.54, 1.807) is 33.8 Å². The number of rotatable bonds is 9. The van der Waals surface area contributed by atoms with Crippen LogP contribution in [0, 0.1) is 11.8 Å². The van der Waals surface area contributed by atoms with Gasteiger partial charge in [-0.15, -0.1) is 0 Å². The summed E-state index contributed by atoms with van der Waals surface area (Å²) >= 11 is 0. The molecule has 0 aliphatic carbocycles. The van der Waals surface area contributed by atoms with E-state index in [1.165, 1.54) is 24.1 Å². The summed E-state index contributed by atoms with van der Waals surface area (Å²) in [4.78, 5) is 26.4. The van der Waals surface area contributed by atoms with Gasteiger partial charge in [0, 0.05) is 25.6 Å². The van der Waals surface area contributed by atoms with Crippen molar-refractivity contribution in [3.63, 3.8) is 0 Å². The minimum atomic E-state index is -4.01. The molecule has 0 saturated carbocycles. The van der Waals surface area contributed by atoms with Gasteiger partial charge in [-0.3, -0.25) is 9.59 Å². The van der Waals surface area contributed by atoms with E-state index in [1.807, 2.05) is 0 Å². The summed E-state index contributed by atoms with van der Waals surface area (Å²) in [5.41, 5.74) is 0. The highest BCUT2D eigenvalue weighted by molar-refractivity contribution is 7.89. The van der Waals surface area contributed by atoms with Crippen LogP contribution in [0.25, 0.3) is 0 Å². The number of amides is 1. The summed E-state index contributed by atoms with van der Waals surface area (Å²) in [5.74, 6) is -0.826. The molecule has 0 saturated heterocycles. The van der Waals surface area contributed by atoms with E-state index in [4.69, 9.17) is 14.2 Å². The Labute approximate surface area is 184 Å². The Hall–Kier alpha value is -2.33. The zero-order valence-corrected chi connectivity index (χ0v) is 19.5. The number of hydrogen-bond acceptors (Lipinski definition) is 7. The first kappa shape index (κ1) is 24.9. The third kappa shape index (κ3) is 6.33. The van der Waals surface area contributed by atoms with E-state index in [0.717, 1.165) is 0 Å². The molecule has 1 N–H and O–H groups in total. The maximum absolute atomic E-state index is 13.2. The molecule has 174 valence electrons. The molecule has 1 aromatic rings. The normalized spacial score (nSPS) is 15.7. The lowest BCUT2D eigenvalue weighted by Crippen LogP contribution is -2.52. The van der Waals surface area contributed by atoms with Crippen molar-refractivity contribution >= 4 is 21.9 Å². The zero-order valence-electron chi connectivity index (χ0n) is 18.7. The quantitative estimate of drug-likeness (QED) is 0.564. The fraction of sp³-hybridized carbons (Fsp3) is 0.619. The van der Waals surface area contributed by atoms with Gasteiger partial charge >= 0.3 is 5.97 Å². The molecule has 9 nitrogen and oxygen atoms in total. The van der Waals surface area contributed by atoms with Crippen molar-refractivity contribution in [1.82, 2.24) is 9.62 Å². The van der Waals surface area contributed by atoms with E-state index in [2.05, 4.69) is 4.72 Å². The third-order valence-corrected chi connectivity index (χ3v) is 6.47. The predicted octanol–water partition coefficient (Wildman–Crippen LogP) is 1.81. The number of carbonyl (C=O) groups excluding carboxylic acids is 2. The van der Waals surface area contributed by atoms with Gasteiger partial charge in [0.1, 0.15) is 6.04 Å². The molecule has 1 heterocycles. The summed E-state index contributed by atoms with van der Waals surface area (Å²) in [6.45, 7) is 8.35. The smallest absolute Gasteiger partial charge is 0.310 e. The van der Waals surface area contributed by atoms with Gasteiger partial charge in [-0.05, 0) is 25.0 Å². The second kappa shape index (κ2) is 10.8. The minimum absolute atomic E-state index is 0.0128. The average molecular weight is 457 g/mol. The minimum Gasteiger partial charge on any atom is -0.490 e. The van der Waals surface area contributed by atoms with Crippen LogP contribution in [0.15, 0.2) is 23.1 Å². The van der Waals surface area contributed by atoms with E-state index in [9.17, 15) is 18.0 Å². The highest BCUT2D eigenvalue weighted by Gasteiger charge is 2.33. The second-order valence-electron chi connectivity index (χ2n) is 7.80. The fourth-order valence-electron chi connectivity index (χ4n) is 3.20. The first-order valence-electron chi connectivity index (χ1n) is 10.4. The molecule has 2 atom stereocenters. The molecule has 0 bridgehead atoms. The summed E-state index contributed by atoms with van der Waals surface area (Å²) in [6.07, 6.45) is 0.704. The molecule has 1 amide bonds. The van der Waals surface area contributed by atoms with E-state index in [0.29, 0.717) is 37.7 Å². The number of ether oxygens (including phenoxy) is 3. The van der Waals surface area contributed by atoms with Crippen LogP contribution in [-0.2, 0) is 24.3 Å².